The standard InChI is InChI=1S/C21H27N5OS/c1-4-16(5-2)19(27)24-20-17(14-22)15(3)21(28-20)26-12-10-25(11-13-26)18-8-6-7-9-23-18/h6-9,16H,4-5,10-13H2,1-3H3,(H,24,27). The fourth-order valence-corrected chi connectivity index (χ4v) is 4.79. The lowest BCUT2D eigenvalue weighted by Gasteiger charge is -2.36. The molecule has 0 spiro atoms. The van der Waals surface area contributed by atoms with E-state index in [1.54, 1.807) is 0 Å². The van der Waals surface area contributed by atoms with Crippen molar-refractivity contribution in [2.75, 3.05) is 41.3 Å². The molecule has 0 radical (unpaired) electrons. The van der Waals surface area contributed by atoms with Gasteiger partial charge in [0.1, 0.15) is 16.9 Å². The van der Waals surface area contributed by atoms with Gasteiger partial charge in [-0.2, -0.15) is 5.26 Å². The second kappa shape index (κ2) is 9.07. The van der Waals surface area contributed by atoms with Gasteiger partial charge >= 0.3 is 0 Å². The summed E-state index contributed by atoms with van der Waals surface area (Å²) < 4.78 is 0. The molecule has 0 bridgehead atoms. The number of aromatic nitrogens is 1. The molecule has 0 atom stereocenters. The second-order valence-corrected chi connectivity index (χ2v) is 8.01. The van der Waals surface area contributed by atoms with Crippen LogP contribution in [-0.4, -0.2) is 37.1 Å². The number of carbonyl (C=O) groups excluding carboxylic acids is 1. The summed E-state index contributed by atoms with van der Waals surface area (Å²) in [5, 5.41) is 14.4. The van der Waals surface area contributed by atoms with E-state index < -0.39 is 0 Å². The third-order valence-electron chi connectivity index (χ3n) is 5.37. The Bertz CT molecular complexity index is 846. The molecule has 2 aromatic rings. The summed E-state index contributed by atoms with van der Waals surface area (Å²) in [6.07, 6.45) is 3.42. The fourth-order valence-electron chi connectivity index (χ4n) is 3.58. The number of rotatable bonds is 6. The molecule has 7 heteroatoms. The molecule has 1 saturated heterocycles. The van der Waals surface area contributed by atoms with E-state index in [4.69, 9.17) is 0 Å². The van der Waals surface area contributed by atoms with Gasteiger partial charge in [0, 0.05) is 43.9 Å². The van der Waals surface area contributed by atoms with E-state index in [-0.39, 0.29) is 11.8 Å². The SMILES string of the molecule is CCC(CC)C(=O)Nc1sc(N2CCN(c3ccccn3)CC2)c(C)c1C#N. The minimum absolute atomic E-state index is 0.00858. The summed E-state index contributed by atoms with van der Waals surface area (Å²) in [5.74, 6) is 0.995. The first-order valence-corrected chi connectivity index (χ1v) is 10.7. The van der Waals surface area contributed by atoms with Crippen molar-refractivity contribution in [3.8, 4) is 6.07 Å². The largest absolute Gasteiger partial charge is 0.360 e. The van der Waals surface area contributed by atoms with Crippen LogP contribution in [-0.2, 0) is 4.79 Å². The van der Waals surface area contributed by atoms with Gasteiger partial charge in [0.2, 0.25) is 5.91 Å². The number of hydrogen-bond acceptors (Lipinski definition) is 6. The quantitative estimate of drug-likeness (QED) is 0.797. The smallest absolute Gasteiger partial charge is 0.228 e. The Labute approximate surface area is 170 Å². The number of hydrogen-bond donors (Lipinski definition) is 1. The topological polar surface area (TPSA) is 72.3 Å². The number of nitrogens with one attached hydrogen (secondary N) is 1. The highest BCUT2D eigenvalue weighted by Crippen LogP contribution is 2.40. The molecule has 6 nitrogen and oxygen atoms in total. The molecule has 0 saturated carbocycles. The Balaban J connectivity index is 1.74. The number of amides is 1. The van der Waals surface area contributed by atoms with Crippen LogP contribution in [0.25, 0.3) is 0 Å². The molecule has 3 heterocycles. The first kappa shape index (κ1) is 20.2. The third-order valence-corrected chi connectivity index (χ3v) is 6.63. The maximum Gasteiger partial charge on any atom is 0.228 e. The van der Waals surface area contributed by atoms with Crippen LogP contribution in [0.15, 0.2) is 24.4 Å². The average Bonchev–Trinajstić information content (AvgIpc) is 3.04. The van der Waals surface area contributed by atoms with E-state index in [0.29, 0.717) is 10.6 Å². The van der Waals surface area contributed by atoms with Gasteiger partial charge in [-0.05, 0) is 31.9 Å². The van der Waals surface area contributed by atoms with Gasteiger partial charge in [-0.1, -0.05) is 31.3 Å². The van der Waals surface area contributed by atoms with E-state index >= 15 is 0 Å². The number of anilines is 3. The van der Waals surface area contributed by atoms with Crippen LogP contribution in [0.1, 0.15) is 37.8 Å². The van der Waals surface area contributed by atoms with Crippen molar-refractivity contribution < 1.29 is 4.79 Å². The number of pyridine rings is 1. The predicted octanol–water partition coefficient (Wildman–Crippen LogP) is 4.02. The van der Waals surface area contributed by atoms with E-state index in [2.05, 4.69) is 26.2 Å². The zero-order valence-corrected chi connectivity index (χ0v) is 17.6. The van der Waals surface area contributed by atoms with Gasteiger partial charge in [0.15, 0.2) is 0 Å². The summed E-state index contributed by atoms with van der Waals surface area (Å²) >= 11 is 1.52. The molecule has 1 aliphatic rings. The first-order chi connectivity index (χ1) is 13.6. The first-order valence-electron chi connectivity index (χ1n) is 9.84. The number of carbonyl (C=O) groups is 1. The van der Waals surface area contributed by atoms with Crippen LogP contribution in [0.4, 0.5) is 15.8 Å². The Kier molecular flexibility index (Phi) is 6.53. The molecule has 1 amide bonds. The Morgan fingerprint density at radius 3 is 2.50 bits per heavy atom. The summed E-state index contributed by atoms with van der Waals surface area (Å²) in [4.78, 5) is 21.5. The van der Waals surface area contributed by atoms with E-state index in [0.717, 1.165) is 55.4 Å². The summed E-state index contributed by atoms with van der Waals surface area (Å²) in [6, 6.07) is 8.25. The molecule has 0 unspecified atom stereocenters. The van der Waals surface area contributed by atoms with Crippen LogP contribution >= 0.6 is 11.3 Å². The minimum Gasteiger partial charge on any atom is -0.360 e. The molecule has 28 heavy (non-hydrogen) atoms. The van der Waals surface area contributed by atoms with Gasteiger partial charge in [-0.3, -0.25) is 4.79 Å². The van der Waals surface area contributed by atoms with E-state index in [9.17, 15) is 10.1 Å². The molecule has 1 aliphatic heterocycles. The zero-order chi connectivity index (χ0) is 20.1. The molecule has 148 valence electrons. The van der Waals surface area contributed by atoms with Gasteiger partial charge in [-0.25, -0.2) is 4.98 Å². The highest BCUT2D eigenvalue weighted by molar-refractivity contribution is 7.20. The Morgan fingerprint density at radius 1 is 1.25 bits per heavy atom. The molecule has 0 aromatic carbocycles. The monoisotopic (exact) mass is 397 g/mol. The number of piperazine rings is 1. The van der Waals surface area contributed by atoms with Crippen molar-refractivity contribution in [3.63, 3.8) is 0 Å². The fraction of sp³-hybridized carbons (Fsp3) is 0.476. The maximum atomic E-state index is 12.5. The van der Waals surface area contributed by atoms with Crippen LogP contribution in [0.3, 0.4) is 0 Å². The van der Waals surface area contributed by atoms with Crippen molar-refractivity contribution >= 4 is 33.1 Å². The normalized spacial score (nSPS) is 14.2. The van der Waals surface area contributed by atoms with Crippen molar-refractivity contribution in [2.24, 2.45) is 5.92 Å². The maximum absolute atomic E-state index is 12.5. The lowest BCUT2D eigenvalue weighted by atomic mass is 10.0. The van der Waals surface area contributed by atoms with Crippen LogP contribution in [0.2, 0.25) is 0 Å². The molecule has 0 aliphatic carbocycles. The average molecular weight is 398 g/mol. The predicted molar refractivity (Wildman–Crippen MR) is 115 cm³/mol. The van der Waals surface area contributed by atoms with Crippen LogP contribution in [0.5, 0.6) is 0 Å². The van der Waals surface area contributed by atoms with Gasteiger partial charge < -0.3 is 15.1 Å². The molecular weight excluding hydrogens is 370 g/mol. The lowest BCUT2D eigenvalue weighted by Crippen LogP contribution is -2.46. The van der Waals surface area contributed by atoms with Crippen molar-refractivity contribution in [1.82, 2.24) is 4.98 Å². The van der Waals surface area contributed by atoms with Gasteiger partial charge in [-0.15, -0.1) is 0 Å². The van der Waals surface area contributed by atoms with Crippen molar-refractivity contribution in [2.45, 2.75) is 33.6 Å². The van der Waals surface area contributed by atoms with Gasteiger partial charge in [0.05, 0.1) is 10.6 Å². The second-order valence-electron chi connectivity index (χ2n) is 7.01. The molecular formula is C21H27N5OS. The molecule has 3 rings (SSSR count). The van der Waals surface area contributed by atoms with E-state index in [1.807, 2.05) is 45.2 Å². The molecule has 2 aromatic heterocycles. The van der Waals surface area contributed by atoms with Crippen molar-refractivity contribution in [1.29, 1.82) is 5.26 Å². The molecule has 1 N–H and O–H groups in total. The molecule has 1 fully saturated rings. The number of nitrogens with zero attached hydrogens (tertiary/aromatic N) is 4. The Hall–Kier alpha value is -2.59. The van der Waals surface area contributed by atoms with Crippen LogP contribution < -0.4 is 15.1 Å². The minimum atomic E-state index is -0.0145. The van der Waals surface area contributed by atoms with Crippen molar-refractivity contribution in [3.05, 3.63) is 35.5 Å². The summed E-state index contributed by atoms with van der Waals surface area (Å²) in [6.45, 7) is 9.50. The number of nitriles is 1. The highest BCUT2D eigenvalue weighted by atomic mass is 32.1. The third kappa shape index (κ3) is 4.12. The lowest BCUT2D eigenvalue weighted by molar-refractivity contribution is -0.120. The summed E-state index contributed by atoms with van der Waals surface area (Å²) in [7, 11) is 0. The Morgan fingerprint density at radius 2 is 1.93 bits per heavy atom. The summed E-state index contributed by atoms with van der Waals surface area (Å²) in [5.41, 5.74) is 1.55. The van der Waals surface area contributed by atoms with Crippen LogP contribution in [0, 0.1) is 24.2 Å². The highest BCUT2D eigenvalue weighted by Gasteiger charge is 2.25. The van der Waals surface area contributed by atoms with Gasteiger partial charge in [0.25, 0.3) is 0 Å². The van der Waals surface area contributed by atoms with E-state index in [1.165, 1.54) is 11.3 Å². The zero-order valence-electron chi connectivity index (χ0n) is 16.7. The number of thiophene rings is 1.